The van der Waals surface area contributed by atoms with Gasteiger partial charge in [-0.05, 0) is 51.1 Å². The summed E-state index contributed by atoms with van der Waals surface area (Å²) < 4.78 is 0. The van der Waals surface area contributed by atoms with Gasteiger partial charge in [-0.25, -0.2) is 9.78 Å². The molecule has 1 aliphatic rings. The maximum absolute atomic E-state index is 11.9. The third-order valence-electron chi connectivity index (χ3n) is 3.98. The molecule has 0 radical (unpaired) electrons. The number of anilines is 1. The van der Waals surface area contributed by atoms with E-state index >= 15 is 0 Å². The van der Waals surface area contributed by atoms with Gasteiger partial charge >= 0.3 is 5.97 Å². The SMILES string of the molecule is CC(C)(C)C(=O)ON1CCC(CNc2nc(Cl)ncc2C(N)=O)CC1. The minimum absolute atomic E-state index is 0.0522. The lowest BCUT2D eigenvalue weighted by Gasteiger charge is -2.32. The van der Waals surface area contributed by atoms with Gasteiger partial charge in [-0.3, -0.25) is 4.79 Å². The number of carbonyl (C=O) groups excluding carboxylic acids is 2. The van der Waals surface area contributed by atoms with Crippen molar-refractivity contribution >= 4 is 29.3 Å². The molecule has 2 rings (SSSR count). The van der Waals surface area contributed by atoms with Crippen molar-refractivity contribution in [2.45, 2.75) is 33.6 Å². The second-order valence-electron chi connectivity index (χ2n) is 7.15. The zero-order chi connectivity index (χ0) is 18.6. The molecular weight excluding hydrogens is 346 g/mol. The number of aromatic nitrogens is 2. The maximum atomic E-state index is 11.9. The van der Waals surface area contributed by atoms with Crippen LogP contribution in [-0.4, -0.2) is 46.5 Å². The fraction of sp³-hybridized carbons (Fsp3) is 0.625. The lowest BCUT2D eigenvalue weighted by molar-refractivity contribution is -0.205. The average Bonchev–Trinajstić information content (AvgIpc) is 2.53. The zero-order valence-electron chi connectivity index (χ0n) is 14.7. The van der Waals surface area contributed by atoms with Crippen LogP contribution >= 0.6 is 11.6 Å². The van der Waals surface area contributed by atoms with Crippen LogP contribution in [0.5, 0.6) is 0 Å². The molecule has 1 saturated heterocycles. The van der Waals surface area contributed by atoms with Crippen LogP contribution in [0.25, 0.3) is 0 Å². The average molecular weight is 370 g/mol. The number of hydrogen-bond acceptors (Lipinski definition) is 7. The molecule has 1 aromatic rings. The smallest absolute Gasteiger partial charge is 0.330 e. The molecule has 1 amide bonds. The van der Waals surface area contributed by atoms with Gasteiger partial charge in [-0.1, -0.05) is 0 Å². The van der Waals surface area contributed by atoms with E-state index in [1.54, 1.807) is 5.06 Å². The van der Waals surface area contributed by atoms with E-state index in [4.69, 9.17) is 22.2 Å². The van der Waals surface area contributed by atoms with E-state index in [9.17, 15) is 9.59 Å². The number of primary amides is 1. The molecule has 0 aliphatic carbocycles. The summed E-state index contributed by atoms with van der Waals surface area (Å²) in [5.41, 5.74) is 5.01. The molecule has 1 aromatic heterocycles. The van der Waals surface area contributed by atoms with Gasteiger partial charge in [0.15, 0.2) is 0 Å². The topological polar surface area (TPSA) is 110 Å². The Morgan fingerprint density at radius 3 is 2.60 bits per heavy atom. The first kappa shape index (κ1) is 19.4. The molecule has 0 bridgehead atoms. The summed E-state index contributed by atoms with van der Waals surface area (Å²) in [4.78, 5) is 36.5. The predicted octanol–water partition coefficient (Wildman–Crippen LogP) is 1.86. The predicted molar refractivity (Wildman–Crippen MR) is 93.9 cm³/mol. The molecule has 25 heavy (non-hydrogen) atoms. The molecular formula is C16H24ClN5O3. The van der Waals surface area contributed by atoms with Crippen molar-refractivity contribution in [3.05, 3.63) is 17.0 Å². The van der Waals surface area contributed by atoms with Crippen molar-refractivity contribution in [1.82, 2.24) is 15.0 Å². The fourth-order valence-electron chi connectivity index (χ4n) is 2.38. The number of hydrogen-bond donors (Lipinski definition) is 2. The van der Waals surface area contributed by atoms with E-state index in [-0.39, 0.29) is 16.8 Å². The molecule has 0 atom stereocenters. The van der Waals surface area contributed by atoms with E-state index in [2.05, 4.69) is 15.3 Å². The van der Waals surface area contributed by atoms with Gasteiger partial charge in [0.25, 0.3) is 5.91 Å². The molecule has 138 valence electrons. The molecule has 3 N–H and O–H groups in total. The Balaban J connectivity index is 1.84. The van der Waals surface area contributed by atoms with Gasteiger partial charge in [-0.2, -0.15) is 4.98 Å². The standard InChI is InChI=1S/C16H24ClN5O3/c1-16(2,3)14(24)25-22-6-4-10(5-7-22)8-19-13-11(12(18)23)9-20-15(17)21-13/h9-10H,4-8H2,1-3H3,(H2,18,23)(H,19,20,21). The van der Waals surface area contributed by atoms with E-state index in [0.717, 1.165) is 12.8 Å². The van der Waals surface area contributed by atoms with E-state index < -0.39 is 11.3 Å². The quantitative estimate of drug-likeness (QED) is 0.762. The van der Waals surface area contributed by atoms with Crippen molar-refractivity contribution in [1.29, 1.82) is 0 Å². The molecule has 0 saturated carbocycles. The van der Waals surface area contributed by atoms with Crippen LogP contribution in [0.3, 0.4) is 0 Å². The van der Waals surface area contributed by atoms with Crippen LogP contribution in [0.2, 0.25) is 5.28 Å². The number of rotatable bonds is 5. The molecule has 9 heteroatoms. The largest absolute Gasteiger partial charge is 0.369 e. The monoisotopic (exact) mass is 369 g/mol. The number of carbonyl (C=O) groups is 2. The van der Waals surface area contributed by atoms with Crippen molar-refractivity contribution in [3.63, 3.8) is 0 Å². The normalized spacial score (nSPS) is 16.5. The molecule has 1 aliphatic heterocycles. The second-order valence-corrected chi connectivity index (χ2v) is 7.49. The van der Waals surface area contributed by atoms with Crippen LogP contribution in [0.4, 0.5) is 5.82 Å². The number of nitrogens with two attached hydrogens (primary N) is 1. The van der Waals surface area contributed by atoms with Crippen LogP contribution in [0, 0.1) is 11.3 Å². The van der Waals surface area contributed by atoms with E-state index in [0.29, 0.717) is 31.4 Å². The maximum Gasteiger partial charge on any atom is 0.330 e. The van der Waals surface area contributed by atoms with E-state index in [1.165, 1.54) is 6.20 Å². The van der Waals surface area contributed by atoms with Crippen LogP contribution in [0.1, 0.15) is 44.0 Å². The molecule has 2 heterocycles. The summed E-state index contributed by atoms with van der Waals surface area (Å²) in [7, 11) is 0. The summed E-state index contributed by atoms with van der Waals surface area (Å²) in [5.74, 6) is -0.137. The summed E-state index contributed by atoms with van der Waals surface area (Å²) in [6.45, 7) is 7.44. The van der Waals surface area contributed by atoms with Gasteiger partial charge in [-0.15, -0.1) is 5.06 Å². The van der Waals surface area contributed by atoms with Crippen molar-refractivity contribution < 1.29 is 14.4 Å². The third kappa shape index (κ3) is 5.54. The lowest BCUT2D eigenvalue weighted by Crippen LogP contribution is -2.40. The fourth-order valence-corrected chi connectivity index (χ4v) is 2.51. The van der Waals surface area contributed by atoms with Crippen LogP contribution in [-0.2, 0) is 9.63 Å². The highest BCUT2D eigenvalue weighted by Crippen LogP contribution is 2.22. The van der Waals surface area contributed by atoms with E-state index in [1.807, 2.05) is 20.8 Å². The summed E-state index contributed by atoms with van der Waals surface area (Å²) >= 11 is 5.78. The first-order valence-electron chi connectivity index (χ1n) is 8.20. The van der Waals surface area contributed by atoms with Gasteiger partial charge in [0.1, 0.15) is 5.82 Å². The number of piperidine rings is 1. The van der Waals surface area contributed by atoms with Crippen LogP contribution < -0.4 is 11.1 Å². The highest BCUT2D eigenvalue weighted by atomic mass is 35.5. The van der Waals surface area contributed by atoms with Crippen molar-refractivity contribution in [2.24, 2.45) is 17.1 Å². The second kappa shape index (κ2) is 7.97. The number of nitrogens with zero attached hydrogens (tertiary/aromatic N) is 3. The molecule has 0 unspecified atom stereocenters. The third-order valence-corrected chi connectivity index (χ3v) is 4.16. The minimum atomic E-state index is -0.608. The Kier molecular flexibility index (Phi) is 6.18. The highest BCUT2D eigenvalue weighted by molar-refractivity contribution is 6.28. The molecule has 0 aromatic carbocycles. The Morgan fingerprint density at radius 1 is 1.40 bits per heavy atom. The molecule has 8 nitrogen and oxygen atoms in total. The molecule has 1 fully saturated rings. The number of halogens is 1. The Morgan fingerprint density at radius 2 is 2.04 bits per heavy atom. The number of amides is 1. The summed E-state index contributed by atoms with van der Waals surface area (Å²) in [6.07, 6.45) is 3.03. The first-order chi connectivity index (χ1) is 11.7. The van der Waals surface area contributed by atoms with Gasteiger partial charge in [0.2, 0.25) is 5.28 Å². The highest BCUT2D eigenvalue weighted by Gasteiger charge is 2.28. The minimum Gasteiger partial charge on any atom is -0.369 e. The number of hydroxylamine groups is 2. The number of nitrogens with one attached hydrogen (secondary N) is 1. The summed E-state index contributed by atoms with van der Waals surface area (Å²) in [5, 5.41) is 4.88. The van der Waals surface area contributed by atoms with Crippen molar-refractivity contribution in [2.75, 3.05) is 25.0 Å². The Hall–Kier alpha value is -1.93. The van der Waals surface area contributed by atoms with Gasteiger partial charge in [0, 0.05) is 25.8 Å². The molecule has 0 spiro atoms. The lowest BCUT2D eigenvalue weighted by atomic mass is 9.97. The zero-order valence-corrected chi connectivity index (χ0v) is 15.5. The summed E-state index contributed by atoms with van der Waals surface area (Å²) in [6, 6.07) is 0. The van der Waals surface area contributed by atoms with Crippen LogP contribution in [0.15, 0.2) is 6.20 Å². The van der Waals surface area contributed by atoms with Crippen molar-refractivity contribution in [3.8, 4) is 0 Å². The first-order valence-corrected chi connectivity index (χ1v) is 8.58. The Labute approximate surface area is 152 Å². The van der Waals surface area contributed by atoms with Gasteiger partial charge < -0.3 is 15.9 Å². The van der Waals surface area contributed by atoms with Gasteiger partial charge in [0.05, 0.1) is 11.0 Å². The Bertz CT molecular complexity index is 639.